The number of nitrogens with zero attached hydrogens (tertiary/aromatic N) is 2. The molecule has 3 N–H and O–H groups in total. The van der Waals surface area contributed by atoms with Crippen LogP contribution in [0, 0.1) is 11.8 Å². The summed E-state index contributed by atoms with van der Waals surface area (Å²) in [6.45, 7) is 3.29. The van der Waals surface area contributed by atoms with Crippen LogP contribution in [0.25, 0.3) is 0 Å². The summed E-state index contributed by atoms with van der Waals surface area (Å²) >= 11 is 0. The maximum absolute atomic E-state index is 13.8. The van der Waals surface area contributed by atoms with Gasteiger partial charge in [0.1, 0.15) is 0 Å². The highest BCUT2D eigenvalue weighted by atomic mass is 32.2. The molecule has 298 valence electrons. The fourth-order valence-electron chi connectivity index (χ4n) is 6.42. The number of nitrogens with one attached hydrogen (secondary N) is 2. The van der Waals surface area contributed by atoms with Crippen LogP contribution in [0.3, 0.4) is 0 Å². The Morgan fingerprint density at radius 2 is 1.50 bits per heavy atom. The molecule has 1 heterocycles. The Bertz CT molecular complexity index is 1750. The Kier molecular flexibility index (Phi) is 14.0. The predicted molar refractivity (Wildman–Crippen MR) is 183 cm³/mol. The van der Waals surface area contributed by atoms with E-state index in [0.29, 0.717) is 24.2 Å². The molecule has 1 aliphatic carbocycles. The van der Waals surface area contributed by atoms with Gasteiger partial charge in [0.2, 0.25) is 5.95 Å². The molecular formula is C36H41F9N4O4S. The second-order valence-electron chi connectivity index (χ2n) is 13.5. The lowest BCUT2D eigenvalue weighted by molar-refractivity contribution is -0.143. The fraction of sp³-hybridized carbons (Fsp3) is 0.528. The Morgan fingerprint density at radius 1 is 0.907 bits per heavy atom. The molecule has 8 nitrogen and oxygen atoms in total. The number of carboxylic acid groups (broad SMARTS) is 1. The summed E-state index contributed by atoms with van der Waals surface area (Å²) in [5, 5.41) is 15.3. The van der Waals surface area contributed by atoms with Gasteiger partial charge in [-0.25, -0.2) is 9.97 Å². The summed E-state index contributed by atoms with van der Waals surface area (Å²) in [5.74, 6) is -1.94. The van der Waals surface area contributed by atoms with Crippen LogP contribution in [-0.2, 0) is 40.7 Å². The molecule has 3 atom stereocenters. The van der Waals surface area contributed by atoms with Crippen LogP contribution in [0.5, 0.6) is 5.75 Å². The maximum Gasteiger partial charge on any atom is 0.416 e. The number of carboxylic acids is 1. The van der Waals surface area contributed by atoms with Gasteiger partial charge in [-0.2, -0.15) is 39.5 Å². The third-order valence-electron chi connectivity index (χ3n) is 9.45. The molecule has 0 bridgehead atoms. The number of hydrogen-bond acceptors (Lipinski definition) is 7. The Balaban J connectivity index is 1.62. The number of alkyl halides is 9. The van der Waals surface area contributed by atoms with E-state index in [1.807, 2.05) is 0 Å². The van der Waals surface area contributed by atoms with Crippen molar-refractivity contribution in [2.24, 2.45) is 11.8 Å². The first-order valence-corrected chi connectivity index (χ1v) is 18.8. The van der Waals surface area contributed by atoms with Gasteiger partial charge in [0, 0.05) is 42.0 Å². The normalized spacial score (nSPS) is 18.5. The number of anilines is 1. The van der Waals surface area contributed by atoms with Gasteiger partial charge in [-0.15, -0.1) is 0 Å². The molecule has 54 heavy (non-hydrogen) atoms. The molecule has 0 aliphatic heterocycles. The summed E-state index contributed by atoms with van der Waals surface area (Å²) in [4.78, 5) is 19.6. The van der Waals surface area contributed by atoms with E-state index >= 15 is 0 Å². The van der Waals surface area contributed by atoms with Gasteiger partial charge < -0.3 is 20.5 Å². The highest BCUT2D eigenvalue weighted by Gasteiger charge is 2.38. The zero-order valence-electron chi connectivity index (χ0n) is 29.6. The van der Waals surface area contributed by atoms with Crippen LogP contribution in [-0.4, -0.2) is 50.4 Å². The van der Waals surface area contributed by atoms with E-state index in [2.05, 4.69) is 20.6 Å². The second-order valence-corrected chi connectivity index (χ2v) is 15.1. The Hall–Kier alpha value is -3.93. The number of aromatic nitrogens is 2. The summed E-state index contributed by atoms with van der Waals surface area (Å²) < 4.78 is 141. The average Bonchev–Trinajstić information content (AvgIpc) is 3.08. The smallest absolute Gasteiger partial charge is 0.416 e. The van der Waals surface area contributed by atoms with Gasteiger partial charge in [-0.1, -0.05) is 13.0 Å². The summed E-state index contributed by atoms with van der Waals surface area (Å²) in [6.07, 6.45) is -9.06. The molecule has 1 fully saturated rings. The van der Waals surface area contributed by atoms with Crippen LogP contribution in [0.15, 0.2) is 42.6 Å². The number of rotatable bonds is 15. The van der Waals surface area contributed by atoms with E-state index < -0.39 is 63.9 Å². The zero-order valence-corrected chi connectivity index (χ0v) is 30.4. The molecule has 3 aromatic rings. The highest BCUT2D eigenvalue weighted by Crippen LogP contribution is 2.40. The van der Waals surface area contributed by atoms with E-state index in [1.54, 1.807) is 6.92 Å². The lowest BCUT2D eigenvalue weighted by Crippen LogP contribution is -2.29. The van der Waals surface area contributed by atoms with Crippen LogP contribution >= 0.6 is 0 Å². The van der Waals surface area contributed by atoms with E-state index in [1.165, 1.54) is 19.2 Å². The number of halogens is 9. The van der Waals surface area contributed by atoms with Gasteiger partial charge in [-0.3, -0.25) is 9.00 Å². The molecular weight excluding hydrogens is 755 g/mol. The predicted octanol–water partition coefficient (Wildman–Crippen LogP) is 8.99. The van der Waals surface area contributed by atoms with E-state index in [-0.39, 0.29) is 71.7 Å². The first kappa shape index (κ1) is 42.8. The molecule has 0 amide bonds. The minimum atomic E-state index is -5.10. The van der Waals surface area contributed by atoms with E-state index in [0.717, 1.165) is 44.0 Å². The largest absolute Gasteiger partial charge is 0.489 e. The highest BCUT2D eigenvalue weighted by molar-refractivity contribution is 7.84. The molecule has 2 unspecified atom stereocenters. The number of hydrogen-bond donors (Lipinski definition) is 3. The van der Waals surface area contributed by atoms with Gasteiger partial charge in [0.15, 0.2) is 5.75 Å². The SMILES string of the molecule is CC(NCC1CCC(CC(=O)O)CC1)c1ccc(C(F)(F)F)cc1CNc1ncc(OCCS(C)=O)c([C@@H](C)c2cc(C(F)(F)F)cc(C(F)(F)F)c2)n1. The standard InChI is InChI=1S/C36H41F9N4O4S/c1-20(24-13-27(35(40,41)42)16-28(14-24)36(43,44)45)32-30(53-10-11-54(3)52)19-48-33(49-32)47-18-25-15-26(34(37,38)39)8-9-29(25)21(2)46-17-23-6-4-22(5-7-23)12-31(50)51/h8-9,13-16,19-23,46H,4-7,10-12,17-18H2,1-3H3,(H,50,51)(H,47,48,49)/t20-,21?,22?,23?,54?/m0/s1. The maximum atomic E-state index is 13.8. The van der Waals surface area contributed by atoms with E-state index in [9.17, 15) is 48.5 Å². The van der Waals surface area contributed by atoms with Gasteiger partial charge >= 0.3 is 24.5 Å². The average molecular weight is 797 g/mol. The molecule has 1 aliphatic rings. The molecule has 1 aromatic heterocycles. The summed E-state index contributed by atoms with van der Waals surface area (Å²) in [5.41, 5.74) is -3.71. The van der Waals surface area contributed by atoms with Crippen LogP contribution in [0.2, 0.25) is 0 Å². The molecule has 0 radical (unpaired) electrons. The summed E-state index contributed by atoms with van der Waals surface area (Å²) in [6, 6.07) is 4.04. The lowest BCUT2D eigenvalue weighted by Gasteiger charge is -2.29. The van der Waals surface area contributed by atoms with Crippen molar-refractivity contribution in [3.63, 3.8) is 0 Å². The van der Waals surface area contributed by atoms with Gasteiger partial charge in [-0.05, 0) is 98.0 Å². The van der Waals surface area contributed by atoms with E-state index in [4.69, 9.17) is 9.84 Å². The Labute approximate surface area is 308 Å². The van der Waals surface area contributed by atoms with Crippen molar-refractivity contribution < 1.29 is 58.4 Å². The molecule has 18 heteroatoms. The van der Waals surface area contributed by atoms with Crippen molar-refractivity contribution in [2.75, 3.05) is 30.5 Å². The quantitative estimate of drug-likeness (QED) is 0.131. The third-order valence-corrected chi connectivity index (χ3v) is 10.2. The zero-order chi connectivity index (χ0) is 40.0. The van der Waals surface area contributed by atoms with Crippen molar-refractivity contribution in [3.05, 3.63) is 81.7 Å². The topological polar surface area (TPSA) is 113 Å². The second kappa shape index (κ2) is 17.7. The molecule has 0 saturated heterocycles. The summed E-state index contributed by atoms with van der Waals surface area (Å²) in [7, 11) is -1.30. The van der Waals surface area contributed by atoms with Crippen molar-refractivity contribution >= 4 is 22.7 Å². The minimum Gasteiger partial charge on any atom is -0.489 e. The third kappa shape index (κ3) is 12.0. The fourth-order valence-corrected chi connectivity index (χ4v) is 6.74. The first-order chi connectivity index (χ1) is 25.1. The van der Waals surface area contributed by atoms with Crippen molar-refractivity contribution in [1.82, 2.24) is 15.3 Å². The van der Waals surface area contributed by atoms with Crippen molar-refractivity contribution in [1.29, 1.82) is 0 Å². The molecule has 1 saturated carbocycles. The van der Waals surface area contributed by atoms with Crippen LogP contribution in [0.4, 0.5) is 45.5 Å². The van der Waals surface area contributed by atoms with Crippen molar-refractivity contribution in [2.45, 2.75) is 83.0 Å². The van der Waals surface area contributed by atoms with Crippen LogP contribution < -0.4 is 15.4 Å². The first-order valence-electron chi connectivity index (χ1n) is 17.1. The van der Waals surface area contributed by atoms with Gasteiger partial charge in [0.25, 0.3) is 0 Å². The minimum absolute atomic E-state index is 0.00651. The number of ether oxygens (including phenoxy) is 1. The monoisotopic (exact) mass is 796 g/mol. The number of carbonyl (C=O) groups is 1. The van der Waals surface area contributed by atoms with Crippen LogP contribution in [0.1, 0.15) is 97.0 Å². The van der Waals surface area contributed by atoms with Gasteiger partial charge in [0.05, 0.1) is 40.9 Å². The molecule has 4 rings (SSSR count). The van der Waals surface area contributed by atoms with Crippen molar-refractivity contribution in [3.8, 4) is 5.75 Å². The number of benzene rings is 2. The molecule has 2 aromatic carbocycles. The number of aliphatic carboxylic acids is 1. The lowest BCUT2D eigenvalue weighted by atomic mass is 9.80. The molecule has 0 spiro atoms. The Morgan fingerprint density at radius 3 is 2.06 bits per heavy atom.